The Morgan fingerprint density at radius 2 is 2.44 bits per heavy atom. The molecule has 0 aliphatic rings. The van der Waals surface area contributed by atoms with Crippen molar-refractivity contribution in [1.29, 1.82) is 0 Å². The van der Waals surface area contributed by atoms with Crippen molar-refractivity contribution < 1.29 is 9.90 Å². The Hall–Kier alpha value is -1.55. The van der Waals surface area contributed by atoms with Crippen LogP contribution >= 0.6 is 11.6 Å². The van der Waals surface area contributed by atoms with Crippen LogP contribution in [0, 0.1) is 0 Å². The fraction of sp³-hybridized carbons (Fsp3) is 0.273. The van der Waals surface area contributed by atoms with Crippen LogP contribution in [0.25, 0.3) is 0 Å². The third-order valence-electron chi connectivity index (χ3n) is 2.00. The van der Waals surface area contributed by atoms with E-state index in [1.165, 1.54) is 12.1 Å². The summed E-state index contributed by atoms with van der Waals surface area (Å²) in [5.41, 5.74) is 0.111. The van der Waals surface area contributed by atoms with Crippen LogP contribution in [0.4, 0.5) is 5.82 Å². The summed E-state index contributed by atoms with van der Waals surface area (Å²) >= 11 is 5.72. The van der Waals surface area contributed by atoms with Crippen LogP contribution in [0.2, 0.25) is 5.15 Å². The van der Waals surface area contributed by atoms with E-state index in [1.807, 2.05) is 6.92 Å². The first-order chi connectivity index (χ1) is 7.54. The minimum Gasteiger partial charge on any atom is -0.478 e. The van der Waals surface area contributed by atoms with E-state index in [-0.39, 0.29) is 22.6 Å². The Balaban J connectivity index is 2.96. The molecule has 0 saturated heterocycles. The van der Waals surface area contributed by atoms with Crippen molar-refractivity contribution in [2.75, 3.05) is 5.32 Å². The third-order valence-corrected chi connectivity index (χ3v) is 2.21. The van der Waals surface area contributed by atoms with Gasteiger partial charge in [-0.3, -0.25) is 0 Å². The number of halogens is 1. The van der Waals surface area contributed by atoms with Crippen molar-refractivity contribution in [2.45, 2.75) is 19.4 Å². The van der Waals surface area contributed by atoms with E-state index in [4.69, 9.17) is 16.7 Å². The lowest BCUT2D eigenvalue weighted by molar-refractivity contribution is 0.0697. The predicted octanol–water partition coefficient (Wildman–Crippen LogP) is 2.81. The van der Waals surface area contributed by atoms with E-state index >= 15 is 0 Å². The molecule has 4 nitrogen and oxygen atoms in total. The first kappa shape index (κ1) is 12.5. The van der Waals surface area contributed by atoms with E-state index in [0.717, 1.165) is 0 Å². The second kappa shape index (κ2) is 5.51. The fourth-order valence-electron chi connectivity index (χ4n) is 1.26. The quantitative estimate of drug-likeness (QED) is 0.614. The number of anilines is 1. The Labute approximate surface area is 99.0 Å². The number of nitrogens with zero attached hydrogens (tertiary/aromatic N) is 1. The van der Waals surface area contributed by atoms with Crippen molar-refractivity contribution >= 4 is 23.4 Å². The van der Waals surface area contributed by atoms with Crippen LogP contribution in [0.15, 0.2) is 24.8 Å². The molecule has 0 aromatic carbocycles. The lowest BCUT2D eigenvalue weighted by atomic mass is 10.2. The van der Waals surface area contributed by atoms with Crippen molar-refractivity contribution in [1.82, 2.24) is 4.98 Å². The number of hydrogen-bond donors (Lipinski definition) is 2. The van der Waals surface area contributed by atoms with Crippen LogP contribution in [0.1, 0.15) is 23.7 Å². The molecular weight excluding hydrogens is 228 g/mol. The molecule has 0 radical (unpaired) electrons. The SMILES string of the molecule is C=CCC(C)Nc1nc(Cl)ccc1C(=O)O. The lowest BCUT2D eigenvalue weighted by Gasteiger charge is -2.14. The zero-order valence-corrected chi connectivity index (χ0v) is 9.66. The smallest absolute Gasteiger partial charge is 0.339 e. The zero-order valence-electron chi connectivity index (χ0n) is 8.90. The standard InChI is InChI=1S/C11H13ClN2O2/c1-3-4-7(2)13-10-8(11(15)16)5-6-9(12)14-10/h3,5-7H,1,4H2,2H3,(H,13,14)(H,15,16). The van der Waals surface area contributed by atoms with Gasteiger partial charge in [0.2, 0.25) is 0 Å². The molecular formula is C11H13ClN2O2. The Morgan fingerprint density at radius 1 is 1.75 bits per heavy atom. The molecule has 0 aliphatic heterocycles. The van der Waals surface area contributed by atoms with Crippen molar-refractivity contribution in [3.8, 4) is 0 Å². The molecule has 1 rings (SSSR count). The molecule has 0 amide bonds. The Morgan fingerprint density at radius 3 is 3.00 bits per heavy atom. The molecule has 0 aliphatic carbocycles. The summed E-state index contributed by atoms with van der Waals surface area (Å²) in [6.07, 6.45) is 2.47. The number of carboxylic acids is 1. The van der Waals surface area contributed by atoms with Crippen LogP contribution in [-0.4, -0.2) is 22.1 Å². The fourth-order valence-corrected chi connectivity index (χ4v) is 1.41. The van der Waals surface area contributed by atoms with Gasteiger partial charge in [-0.2, -0.15) is 0 Å². The van der Waals surface area contributed by atoms with Gasteiger partial charge in [-0.25, -0.2) is 9.78 Å². The summed E-state index contributed by atoms with van der Waals surface area (Å²) in [6, 6.07) is 2.94. The van der Waals surface area contributed by atoms with Gasteiger partial charge in [0.15, 0.2) is 0 Å². The predicted molar refractivity (Wildman–Crippen MR) is 64.1 cm³/mol. The number of hydrogen-bond acceptors (Lipinski definition) is 3. The van der Waals surface area contributed by atoms with Gasteiger partial charge in [-0.15, -0.1) is 6.58 Å². The molecule has 1 aromatic rings. The van der Waals surface area contributed by atoms with E-state index < -0.39 is 5.97 Å². The van der Waals surface area contributed by atoms with Crippen LogP contribution in [0.3, 0.4) is 0 Å². The van der Waals surface area contributed by atoms with Crippen molar-refractivity contribution in [2.24, 2.45) is 0 Å². The highest BCUT2D eigenvalue weighted by Crippen LogP contribution is 2.18. The third kappa shape index (κ3) is 3.24. The molecule has 1 unspecified atom stereocenters. The van der Waals surface area contributed by atoms with E-state index in [1.54, 1.807) is 6.08 Å². The van der Waals surface area contributed by atoms with Gasteiger partial charge in [0.25, 0.3) is 0 Å². The highest BCUT2D eigenvalue weighted by atomic mass is 35.5. The minimum absolute atomic E-state index is 0.0570. The molecule has 0 saturated carbocycles. The summed E-state index contributed by atoms with van der Waals surface area (Å²) in [6.45, 7) is 5.53. The molecule has 1 aromatic heterocycles. The molecule has 5 heteroatoms. The molecule has 0 spiro atoms. The molecule has 16 heavy (non-hydrogen) atoms. The molecule has 0 bridgehead atoms. The maximum Gasteiger partial charge on any atom is 0.339 e. The minimum atomic E-state index is -1.03. The number of aromatic carboxylic acids is 1. The molecule has 1 atom stereocenters. The maximum absolute atomic E-state index is 10.9. The van der Waals surface area contributed by atoms with Gasteiger partial charge in [0.05, 0.1) is 0 Å². The molecule has 86 valence electrons. The van der Waals surface area contributed by atoms with Gasteiger partial charge in [-0.05, 0) is 25.5 Å². The van der Waals surface area contributed by atoms with Crippen molar-refractivity contribution in [3.05, 3.63) is 35.5 Å². The monoisotopic (exact) mass is 240 g/mol. The van der Waals surface area contributed by atoms with Gasteiger partial charge in [0.1, 0.15) is 16.5 Å². The number of rotatable bonds is 5. The van der Waals surface area contributed by atoms with Gasteiger partial charge in [-0.1, -0.05) is 17.7 Å². The van der Waals surface area contributed by atoms with Gasteiger partial charge >= 0.3 is 5.97 Å². The first-order valence-corrected chi connectivity index (χ1v) is 5.19. The zero-order chi connectivity index (χ0) is 12.1. The summed E-state index contributed by atoms with van der Waals surface area (Å²) in [5.74, 6) is -0.744. The molecule has 2 N–H and O–H groups in total. The lowest BCUT2D eigenvalue weighted by Crippen LogP contribution is -2.17. The van der Waals surface area contributed by atoms with Gasteiger partial charge in [0, 0.05) is 6.04 Å². The highest BCUT2D eigenvalue weighted by Gasteiger charge is 2.13. The number of carboxylic acid groups (broad SMARTS) is 1. The van der Waals surface area contributed by atoms with E-state index in [9.17, 15) is 4.79 Å². The average Bonchev–Trinajstić information content (AvgIpc) is 2.17. The van der Waals surface area contributed by atoms with E-state index in [0.29, 0.717) is 6.42 Å². The first-order valence-electron chi connectivity index (χ1n) is 4.82. The Kier molecular flexibility index (Phi) is 4.31. The molecule has 1 heterocycles. The molecule has 0 fully saturated rings. The second-order valence-corrected chi connectivity index (χ2v) is 3.79. The highest BCUT2D eigenvalue weighted by molar-refractivity contribution is 6.29. The Bertz CT molecular complexity index is 407. The number of aromatic nitrogens is 1. The average molecular weight is 241 g/mol. The van der Waals surface area contributed by atoms with Crippen molar-refractivity contribution in [3.63, 3.8) is 0 Å². The topological polar surface area (TPSA) is 62.2 Å². The largest absolute Gasteiger partial charge is 0.478 e. The van der Waals surface area contributed by atoms with Crippen LogP contribution in [-0.2, 0) is 0 Å². The van der Waals surface area contributed by atoms with Gasteiger partial charge < -0.3 is 10.4 Å². The maximum atomic E-state index is 10.9. The van der Waals surface area contributed by atoms with E-state index in [2.05, 4.69) is 16.9 Å². The summed E-state index contributed by atoms with van der Waals surface area (Å²) in [4.78, 5) is 14.9. The van der Waals surface area contributed by atoms with Crippen LogP contribution in [0.5, 0.6) is 0 Å². The summed E-state index contributed by atoms with van der Waals surface area (Å²) in [7, 11) is 0. The summed E-state index contributed by atoms with van der Waals surface area (Å²) < 4.78 is 0. The second-order valence-electron chi connectivity index (χ2n) is 3.41. The number of pyridine rings is 1. The normalized spacial score (nSPS) is 11.9. The summed E-state index contributed by atoms with van der Waals surface area (Å²) in [5, 5.41) is 12.2. The van der Waals surface area contributed by atoms with Crippen LogP contribution < -0.4 is 5.32 Å². The number of nitrogens with one attached hydrogen (secondary N) is 1. The number of carbonyl (C=O) groups is 1.